The quantitative estimate of drug-likeness (QED) is 0.877. The molecule has 3 rings (SSSR count). The zero-order chi connectivity index (χ0) is 13.4. The lowest BCUT2D eigenvalue weighted by Gasteiger charge is -2.13. The minimum atomic E-state index is 0.0857. The minimum absolute atomic E-state index is 0.0857. The lowest BCUT2D eigenvalue weighted by molar-refractivity contribution is 0.615. The Hall–Kier alpha value is -1.31. The first-order valence-corrected chi connectivity index (χ1v) is 7.10. The average molecular weight is 272 g/mol. The molecular weight excluding hydrogens is 254 g/mol. The minimum Gasteiger partial charge on any atom is -0.324 e. The van der Waals surface area contributed by atoms with Gasteiger partial charge in [-0.05, 0) is 54.0 Å². The molecule has 19 heavy (non-hydrogen) atoms. The molecule has 0 radical (unpaired) electrons. The Bertz CT molecular complexity index is 559. The van der Waals surface area contributed by atoms with Crippen molar-refractivity contribution in [2.45, 2.75) is 25.3 Å². The topological polar surface area (TPSA) is 26.0 Å². The van der Waals surface area contributed by atoms with Gasteiger partial charge in [-0.1, -0.05) is 48.0 Å². The summed E-state index contributed by atoms with van der Waals surface area (Å²) in [6.45, 7) is 2.06. The molecule has 0 saturated heterocycles. The molecule has 0 aromatic heterocycles. The lowest BCUT2D eigenvalue weighted by Crippen LogP contribution is -2.13. The SMILES string of the molecule is Cc1cc(Cl)cc(C(N)C2CC2c2ccccc2)c1. The van der Waals surface area contributed by atoms with Crippen LogP contribution in [0, 0.1) is 12.8 Å². The van der Waals surface area contributed by atoms with Gasteiger partial charge in [-0.15, -0.1) is 0 Å². The third-order valence-electron chi connectivity index (χ3n) is 3.98. The van der Waals surface area contributed by atoms with E-state index in [-0.39, 0.29) is 6.04 Å². The van der Waals surface area contributed by atoms with Gasteiger partial charge in [0.1, 0.15) is 0 Å². The zero-order valence-electron chi connectivity index (χ0n) is 11.0. The fraction of sp³-hybridized carbons (Fsp3) is 0.294. The molecule has 2 heteroatoms. The standard InChI is InChI=1S/C17H18ClN/c1-11-7-13(9-14(18)8-11)17(19)16-10-15(16)12-5-3-2-4-6-12/h2-9,15-17H,10,19H2,1H3. The molecule has 0 bridgehead atoms. The van der Waals surface area contributed by atoms with Crippen molar-refractivity contribution in [2.75, 3.05) is 0 Å². The van der Waals surface area contributed by atoms with E-state index in [0.717, 1.165) is 10.6 Å². The monoisotopic (exact) mass is 271 g/mol. The van der Waals surface area contributed by atoms with E-state index in [1.54, 1.807) is 0 Å². The predicted octanol–water partition coefficient (Wildman–Crippen LogP) is 4.45. The summed E-state index contributed by atoms with van der Waals surface area (Å²) in [7, 11) is 0. The van der Waals surface area contributed by atoms with Gasteiger partial charge in [0.25, 0.3) is 0 Å². The maximum atomic E-state index is 6.41. The molecule has 3 atom stereocenters. The average Bonchev–Trinajstić information content (AvgIpc) is 3.18. The van der Waals surface area contributed by atoms with Crippen molar-refractivity contribution >= 4 is 11.6 Å². The lowest BCUT2D eigenvalue weighted by atomic mass is 9.98. The van der Waals surface area contributed by atoms with Crippen LogP contribution in [0.1, 0.15) is 35.1 Å². The smallest absolute Gasteiger partial charge is 0.0411 e. The highest BCUT2D eigenvalue weighted by Gasteiger charge is 2.42. The van der Waals surface area contributed by atoms with E-state index in [4.69, 9.17) is 17.3 Å². The second kappa shape index (κ2) is 4.99. The number of aryl methyl sites for hydroxylation is 1. The van der Waals surface area contributed by atoms with E-state index in [1.807, 2.05) is 12.1 Å². The van der Waals surface area contributed by atoms with Crippen LogP contribution in [0.4, 0.5) is 0 Å². The van der Waals surface area contributed by atoms with Crippen LogP contribution >= 0.6 is 11.6 Å². The Morgan fingerprint density at radius 3 is 2.58 bits per heavy atom. The number of nitrogens with two attached hydrogens (primary N) is 1. The van der Waals surface area contributed by atoms with Crippen LogP contribution in [0.5, 0.6) is 0 Å². The number of hydrogen-bond donors (Lipinski definition) is 1. The largest absolute Gasteiger partial charge is 0.324 e. The highest BCUT2D eigenvalue weighted by Crippen LogP contribution is 2.53. The van der Waals surface area contributed by atoms with E-state index < -0.39 is 0 Å². The van der Waals surface area contributed by atoms with Crippen LogP contribution in [0.15, 0.2) is 48.5 Å². The fourth-order valence-corrected chi connectivity index (χ4v) is 3.20. The molecule has 98 valence electrons. The summed E-state index contributed by atoms with van der Waals surface area (Å²) in [6.07, 6.45) is 1.18. The Morgan fingerprint density at radius 2 is 1.89 bits per heavy atom. The molecular formula is C17H18ClN. The summed E-state index contributed by atoms with van der Waals surface area (Å²) < 4.78 is 0. The van der Waals surface area contributed by atoms with Gasteiger partial charge in [0, 0.05) is 11.1 Å². The van der Waals surface area contributed by atoms with Crippen LogP contribution < -0.4 is 5.73 Å². The highest BCUT2D eigenvalue weighted by atomic mass is 35.5. The van der Waals surface area contributed by atoms with Gasteiger partial charge in [0.15, 0.2) is 0 Å². The molecule has 1 saturated carbocycles. The van der Waals surface area contributed by atoms with E-state index in [1.165, 1.54) is 17.5 Å². The van der Waals surface area contributed by atoms with Crippen molar-refractivity contribution in [3.63, 3.8) is 0 Å². The van der Waals surface area contributed by atoms with Gasteiger partial charge in [-0.3, -0.25) is 0 Å². The predicted molar refractivity (Wildman–Crippen MR) is 80.4 cm³/mol. The molecule has 2 aromatic rings. The summed E-state index contributed by atoms with van der Waals surface area (Å²) in [5, 5.41) is 0.780. The molecule has 0 spiro atoms. The molecule has 1 nitrogen and oxygen atoms in total. The zero-order valence-corrected chi connectivity index (χ0v) is 11.8. The summed E-state index contributed by atoms with van der Waals surface area (Å²) in [4.78, 5) is 0. The number of rotatable bonds is 3. The molecule has 1 aliphatic rings. The van der Waals surface area contributed by atoms with Gasteiger partial charge in [0.2, 0.25) is 0 Å². The third-order valence-corrected chi connectivity index (χ3v) is 4.20. The van der Waals surface area contributed by atoms with Crippen molar-refractivity contribution in [2.24, 2.45) is 11.7 Å². The molecule has 1 fully saturated rings. The first-order valence-electron chi connectivity index (χ1n) is 6.73. The first kappa shape index (κ1) is 12.7. The number of benzene rings is 2. The molecule has 0 aliphatic heterocycles. The second-order valence-corrected chi connectivity index (χ2v) is 5.94. The van der Waals surface area contributed by atoms with Crippen molar-refractivity contribution in [3.05, 3.63) is 70.2 Å². The molecule has 2 N–H and O–H groups in total. The maximum absolute atomic E-state index is 6.41. The van der Waals surface area contributed by atoms with E-state index in [0.29, 0.717) is 11.8 Å². The van der Waals surface area contributed by atoms with Gasteiger partial charge < -0.3 is 5.73 Å². The van der Waals surface area contributed by atoms with Crippen LogP contribution in [-0.4, -0.2) is 0 Å². The fourth-order valence-electron chi connectivity index (χ4n) is 2.90. The van der Waals surface area contributed by atoms with Crippen LogP contribution in [0.25, 0.3) is 0 Å². The van der Waals surface area contributed by atoms with Gasteiger partial charge in [-0.2, -0.15) is 0 Å². The van der Waals surface area contributed by atoms with Crippen molar-refractivity contribution < 1.29 is 0 Å². The number of hydrogen-bond acceptors (Lipinski definition) is 1. The van der Waals surface area contributed by atoms with Crippen LogP contribution in [-0.2, 0) is 0 Å². The van der Waals surface area contributed by atoms with E-state index in [2.05, 4.69) is 43.3 Å². The maximum Gasteiger partial charge on any atom is 0.0411 e. The third kappa shape index (κ3) is 2.68. The van der Waals surface area contributed by atoms with Gasteiger partial charge in [0.05, 0.1) is 0 Å². The second-order valence-electron chi connectivity index (χ2n) is 5.50. The van der Waals surface area contributed by atoms with Crippen LogP contribution in [0.3, 0.4) is 0 Å². The first-order chi connectivity index (χ1) is 9.15. The normalized spacial score (nSPS) is 23.1. The summed E-state index contributed by atoms with van der Waals surface area (Å²) in [5.41, 5.74) is 10.1. The van der Waals surface area contributed by atoms with E-state index in [9.17, 15) is 0 Å². The van der Waals surface area contributed by atoms with Crippen molar-refractivity contribution in [3.8, 4) is 0 Å². The molecule has 2 aromatic carbocycles. The van der Waals surface area contributed by atoms with Gasteiger partial charge in [-0.25, -0.2) is 0 Å². The summed E-state index contributed by atoms with van der Waals surface area (Å²) in [6, 6.07) is 16.8. The highest BCUT2D eigenvalue weighted by molar-refractivity contribution is 6.30. The van der Waals surface area contributed by atoms with Crippen molar-refractivity contribution in [1.82, 2.24) is 0 Å². The summed E-state index contributed by atoms with van der Waals surface area (Å²) in [5.74, 6) is 1.15. The van der Waals surface area contributed by atoms with Crippen LogP contribution in [0.2, 0.25) is 5.02 Å². The van der Waals surface area contributed by atoms with Gasteiger partial charge >= 0.3 is 0 Å². The number of halogens is 1. The Morgan fingerprint density at radius 1 is 1.16 bits per heavy atom. The summed E-state index contributed by atoms with van der Waals surface area (Å²) >= 11 is 6.12. The molecule has 3 unspecified atom stereocenters. The molecule has 0 heterocycles. The Labute approximate surface area is 119 Å². The molecule has 0 amide bonds. The van der Waals surface area contributed by atoms with Crippen molar-refractivity contribution in [1.29, 1.82) is 0 Å². The van der Waals surface area contributed by atoms with E-state index >= 15 is 0 Å². The Balaban J connectivity index is 1.78. The Kier molecular flexibility index (Phi) is 3.34. The molecule has 1 aliphatic carbocycles.